The van der Waals surface area contributed by atoms with Crippen LogP contribution < -0.4 is 0 Å². The Bertz CT molecular complexity index is 181. The van der Waals surface area contributed by atoms with Gasteiger partial charge >= 0.3 is 0 Å². The van der Waals surface area contributed by atoms with Crippen molar-refractivity contribution in [1.82, 2.24) is 0 Å². The van der Waals surface area contributed by atoms with E-state index >= 15 is 0 Å². The maximum atomic E-state index is 8.08. The zero-order chi connectivity index (χ0) is 17.4. The van der Waals surface area contributed by atoms with Crippen molar-refractivity contribution in [1.29, 1.82) is 0 Å². The van der Waals surface area contributed by atoms with E-state index in [1.165, 1.54) is 33.7 Å². The summed E-state index contributed by atoms with van der Waals surface area (Å²) in [5, 5.41) is 11.1. The molecule has 21 heavy (non-hydrogen) atoms. The predicted octanol–water partition coefficient (Wildman–Crippen LogP) is -2.83. The van der Waals surface area contributed by atoms with Crippen LogP contribution in [-0.4, -0.2) is 78.0 Å². The van der Waals surface area contributed by atoms with E-state index in [0.717, 1.165) is 5.67 Å². The van der Waals surface area contributed by atoms with Crippen molar-refractivity contribution in [2.75, 3.05) is 14.2 Å². The first kappa shape index (κ1) is 26.9. The lowest BCUT2D eigenvalue weighted by molar-refractivity contribution is -0.701. The lowest BCUT2D eigenvalue weighted by atomic mass is 11.8. The van der Waals surface area contributed by atoms with Gasteiger partial charge in [0.05, 0.1) is 14.2 Å². The molecule has 0 aliphatic rings. The standard InChI is InChI=1S/C5H20Si4.C2H6O5.CH8O2Si2/c1-8(2,6)5-9(3,4)7;1-3-5-7-6-4-2;2-4-1-5-3/h5H2,1-4,6-7H3;1-2H3;2-3H,1,4-5H2. The van der Waals surface area contributed by atoms with Crippen LogP contribution in [0.15, 0.2) is 0 Å². The van der Waals surface area contributed by atoms with Crippen LogP contribution in [0.25, 0.3) is 0 Å². The van der Waals surface area contributed by atoms with E-state index in [1.54, 1.807) is 5.67 Å². The molecule has 0 aromatic heterocycles. The Balaban J connectivity index is -0.000000242. The van der Waals surface area contributed by atoms with Crippen LogP contribution in [0, 0.1) is 0 Å². The number of rotatable bonds is 8. The van der Waals surface area contributed by atoms with Crippen LogP contribution in [0.1, 0.15) is 0 Å². The van der Waals surface area contributed by atoms with Crippen molar-refractivity contribution >= 4 is 54.2 Å². The summed E-state index contributed by atoms with van der Waals surface area (Å²) in [5.74, 6) is 0. The fourth-order valence-electron chi connectivity index (χ4n) is 1.73. The first-order valence-corrected chi connectivity index (χ1v) is 23.5. The maximum absolute atomic E-state index is 8.08. The van der Waals surface area contributed by atoms with Crippen LogP contribution in [0.4, 0.5) is 0 Å². The fourth-order valence-corrected chi connectivity index (χ4v) is 40.5. The highest BCUT2D eigenvalue weighted by Gasteiger charge is 2.23. The molecule has 7 nitrogen and oxygen atoms in total. The van der Waals surface area contributed by atoms with Crippen molar-refractivity contribution in [3.63, 3.8) is 0 Å². The molecule has 0 spiro atoms. The highest BCUT2D eigenvalue weighted by molar-refractivity contribution is 7.28. The highest BCUT2D eigenvalue weighted by Crippen LogP contribution is 2.12. The minimum absolute atomic E-state index is 0.557. The molecule has 0 saturated heterocycles. The summed E-state index contributed by atoms with van der Waals surface area (Å²) >= 11 is 0. The van der Waals surface area contributed by atoms with Crippen molar-refractivity contribution in [2.24, 2.45) is 0 Å². The van der Waals surface area contributed by atoms with E-state index in [-0.39, 0.29) is 0 Å². The van der Waals surface area contributed by atoms with Crippen LogP contribution in [0.5, 0.6) is 0 Å². The summed E-state index contributed by atoms with van der Waals surface area (Å²) in [6.07, 6.45) is 0. The SMILES string of the molecule is COOOOOC.C[Si](C)([SiH3])C[Si](C)(C)[SiH3].O[SiH2]C[SiH2]O. The Kier molecular flexibility index (Phi) is 22.3. The van der Waals surface area contributed by atoms with Gasteiger partial charge in [-0.3, -0.25) is 0 Å². The first-order chi connectivity index (χ1) is 9.54. The summed E-state index contributed by atoms with van der Waals surface area (Å²) in [4.78, 5) is 24.0. The van der Waals surface area contributed by atoms with Gasteiger partial charge < -0.3 is 9.59 Å². The summed E-state index contributed by atoms with van der Waals surface area (Å²) in [6.45, 7) is 10.2. The van der Waals surface area contributed by atoms with Gasteiger partial charge in [-0.15, -0.1) is 0 Å². The average Bonchev–Trinajstić information content (AvgIpc) is 2.27. The topological polar surface area (TPSA) is 86.6 Å². The molecule has 0 aliphatic heterocycles. The normalized spacial score (nSPS) is 12.6. The minimum Gasteiger partial charge on any atom is -0.438 e. The molecule has 0 aromatic rings. The second-order valence-electron chi connectivity index (χ2n) is 6.64. The van der Waals surface area contributed by atoms with Crippen LogP contribution in [0.2, 0.25) is 37.5 Å². The summed E-state index contributed by atoms with van der Waals surface area (Å²) in [5.41, 5.74) is 2.47. The molecule has 0 rings (SSSR count). The monoisotopic (exact) mass is 410 g/mol. The van der Waals surface area contributed by atoms with Crippen LogP contribution in [-0.2, 0) is 24.9 Å². The van der Waals surface area contributed by atoms with Crippen LogP contribution >= 0.6 is 0 Å². The molecule has 0 heterocycles. The molecule has 0 radical (unpaired) electrons. The molecule has 0 atom stereocenters. The van der Waals surface area contributed by atoms with Gasteiger partial charge in [0.15, 0.2) is 19.5 Å². The second-order valence-corrected chi connectivity index (χ2v) is 38.3. The smallest absolute Gasteiger partial charge is 0.155 e. The second kappa shape index (κ2) is 17.4. The summed E-state index contributed by atoms with van der Waals surface area (Å²) < 4.78 is 0. The molecule has 0 saturated carbocycles. The van der Waals surface area contributed by atoms with Gasteiger partial charge in [-0.1, -0.05) is 31.9 Å². The highest BCUT2D eigenvalue weighted by atomic mass is 29.2. The lowest BCUT2D eigenvalue weighted by Gasteiger charge is -2.25. The van der Waals surface area contributed by atoms with Crippen molar-refractivity contribution < 1.29 is 34.5 Å². The quantitative estimate of drug-likeness (QED) is 0.193. The summed E-state index contributed by atoms with van der Waals surface area (Å²) in [7, 11) is 2.87. The molecule has 13 heteroatoms. The van der Waals surface area contributed by atoms with E-state index in [4.69, 9.17) is 9.59 Å². The zero-order valence-electron chi connectivity index (χ0n) is 14.8. The van der Waals surface area contributed by atoms with Gasteiger partial charge in [0.1, 0.15) is 0 Å². The molecular formula is C8H34O7Si6. The summed E-state index contributed by atoms with van der Waals surface area (Å²) in [6, 6.07) is 0. The van der Waals surface area contributed by atoms with Gasteiger partial charge in [-0.05, 0) is 40.3 Å². The minimum atomic E-state index is -0.774. The molecule has 0 amide bonds. The van der Waals surface area contributed by atoms with Crippen molar-refractivity contribution in [3.05, 3.63) is 0 Å². The molecule has 0 unspecified atom stereocenters. The maximum Gasteiger partial charge on any atom is 0.155 e. The molecule has 0 bridgehead atoms. The van der Waals surface area contributed by atoms with Crippen LogP contribution in [0.3, 0.4) is 0 Å². The molecular weight excluding hydrogens is 377 g/mol. The number of hydrogen-bond acceptors (Lipinski definition) is 7. The number of hydrogen-bond donors (Lipinski definition) is 2. The van der Waals surface area contributed by atoms with Crippen molar-refractivity contribution in [3.8, 4) is 0 Å². The van der Waals surface area contributed by atoms with E-state index in [2.05, 4.69) is 51.1 Å². The average molecular weight is 411 g/mol. The fraction of sp³-hybridized carbons (Fsp3) is 1.00. The first-order valence-electron chi connectivity index (χ1n) is 6.82. The lowest BCUT2D eigenvalue weighted by Crippen LogP contribution is -2.40. The molecule has 132 valence electrons. The third-order valence-electron chi connectivity index (χ3n) is 1.57. The van der Waals surface area contributed by atoms with Crippen molar-refractivity contribution in [2.45, 2.75) is 37.5 Å². The van der Waals surface area contributed by atoms with Gasteiger partial charge in [0.25, 0.3) is 0 Å². The van der Waals surface area contributed by atoms with Gasteiger partial charge in [-0.2, -0.15) is 0 Å². The molecule has 0 aromatic carbocycles. The molecule has 0 aliphatic carbocycles. The van der Waals surface area contributed by atoms with Gasteiger partial charge in [-0.25, -0.2) is 9.78 Å². The van der Waals surface area contributed by atoms with E-state index in [0.29, 0.717) is 0 Å². The Hall–Kier alpha value is 1.02. The largest absolute Gasteiger partial charge is 0.438 e. The van der Waals surface area contributed by atoms with E-state index in [9.17, 15) is 0 Å². The zero-order valence-corrected chi connectivity index (χ0v) is 23.6. The third kappa shape index (κ3) is 44.9. The molecule has 0 fully saturated rings. The Labute approximate surface area is 140 Å². The predicted molar refractivity (Wildman–Crippen MR) is 103 cm³/mol. The van der Waals surface area contributed by atoms with Gasteiger partial charge in [0.2, 0.25) is 0 Å². The molecule has 2 N–H and O–H groups in total. The van der Waals surface area contributed by atoms with Gasteiger partial charge in [0, 0.05) is 15.2 Å². The Morgan fingerprint density at radius 1 is 0.810 bits per heavy atom. The van der Waals surface area contributed by atoms with E-state index in [1.807, 2.05) is 0 Å². The Morgan fingerprint density at radius 3 is 1.24 bits per heavy atom. The Morgan fingerprint density at radius 2 is 1.14 bits per heavy atom. The van der Waals surface area contributed by atoms with E-state index < -0.39 is 34.7 Å². The third-order valence-corrected chi connectivity index (χ3v) is 18.9.